The molecule has 22 heavy (non-hydrogen) atoms. The van der Waals surface area contributed by atoms with Gasteiger partial charge in [0.2, 0.25) is 5.91 Å². The Hall–Kier alpha value is -1.53. The summed E-state index contributed by atoms with van der Waals surface area (Å²) in [4.78, 5) is 11.7. The van der Waals surface area contributed by atoms with Gasteiger partial charge in [0, 0.05) is 6.08 Å². The first-order valence-electron chi connectivity index (χ1n) is 5.94. The Kier molecular flexibility index (Phi) is 5.85. The van der Waals surface area contributed by atoms with Gasteiger partial charge in [0.1, 0.15) is 5.76 Å². The minimum absolute atomic E-state index is 0.0781. The summed E-state index contributed by atoms with van der Waals surface area (Å²) in [5, 5.41) is 6.30. The molecule has 2 aromatic rings. The lowest BCUT2D eigenvalue weighted by Crippen LogP contribution is -2.32. The fourth-order valence-electron chi connectivity index (χ4n) is 1.47. The second kappa shape index (κ2) is 7.65. The van der Waals surface area contributed by atoms with Crippen LogP contribution in [0, 0.1) is 0 Å². The number of amides is 1. The monoisotopic (exact) mass is 374 g/mol. The van der Waals surface area contributed by atoms with E-state index >= 15 is 0 Å². The molecule has 1 aromatic heterocycles. The van der Waals surface area contributed by atoms with Crippen LogP contribution in [0.15, 0.2) is 41.0 Å². The van der Waals surface area contributed by atoms with Crippen LogP contribution in [0.2, 0.25) is 15.1 Å². The predicted molar refractivity (Wildman–Crippen MR) is 93.6 cm³/mol. The molecule has 1 aromatic carbocycles. The molecule has 0 aliphatic carbocycles. The van der Waals surface area contributed by atoms with E-state index in [0.29, 0.717) is 26.5 Å². The normalized spacial score (nSPS) is 10.7. The highest BCUT2D eigenvalue weighted by Crippen LogP contribution is 2.32. The van der Waals surface area contributed by atoms with Gasteiger partial charge in [-0.3, -0.25) is 10.1 Å². The zero-order valence-corrected chi connectivity index (χ0v) is 14.0. The largest absolute Gasteiger partial charge is 0.465 e. The molecule has 2 rings (SSSR count). The summed E-state index contributed by atoms with van der Waals surface area (Å²) in [5.41, 5.74) is 0.441. The van der Waals surface area contributed by atoms with Gasteiger partial charge in [-0.15, -0.1) is 0 Å². The zero-order chi connectivity index (χ0) is 16.1. The van der Waals surface area contributed by atoms with Crippen molar-refractivity contribution in [3.8, 4) is 0 Å². The number of carbonyl (C=O) groups is 1. The quantitative estimate of drug-likeness (QED) is 0.461. The topological polar surface area (TPSA) is 54.3 Å². The molecule has 0 radical (unpaired) electrons. The van der Waals surface area contributed by atoms with E-state index in [9.17, 15) is 4.79 Å². The van der Waals surface area contributed by atoms with Crippen molar-refractivity contribution >= 4 is 69.8 Å². The van der Waals surface area contributed by atoms with Crippen LogP contribution in [-0.4, -0.2) is 11.0 Å². The summed E-state index contributed by atoms with van der Waals surface area (Å²) in [7, 11) is 0. The molecule has 0 saturated carbocycles. The van der Waals surface area contributed by atoms with Gasteiger partial charge in [0.25, 0.3) is 0 Å². The van der Waals surface area contributed by atoms with Crippen molar-refractivity contribution in [2.75, 3.05) is 5.32 Å². The number of benzene rings is 1. The van der Waals surface area contributed by atoms with Crippen LogP contribution < -0.4 is 10.6 Å². The Morgan fingerprint density at radius 3 is 2.59 bits per heavy atom. The summed E-state index contributed by atoms with van der Waals surface area (Å²) in [5.74, 6) is 0.145. The molecule has 0 bridgehead atoms. The Bertz CT molecular complexity index is 730. The number of hydrogen-bond acceptors (Lipinski definition) is 3. The number of thiocarbonyl (C=S) groups is 1. The van der Waals surface area contributed by atoms with E-state index in [1.807, 2.05) is 0 Å². The molecular formula is C14H9Cl3N2O2S. The SMILES string of the molecule is O=C(/C=C/c1ccco1)NC(=S)Nc1cc(Cl)c(Cl)cc1Cl. The van der Waals surface area contributed by atoms with E-state index in [1.165, 1.54) is 30.5 Å². The first kappa shape index (κ1) is 16.8. The highest BCUT2D eigenvalue weighted by Gasteiger charge is 2.08. The van der Waals surface area contributed by atoms with Gasteiger partial charge in [-0.25, -0.2) is 0 Å². The maximum atomic E-state index is 11.7. The van der Waals surface area contributed by atoms with E-state index in [0.717, 1.165) is 0 Å². The van der Waals surface area contributed by atoms with Gasteiger partial charge < -0.3 is 9.73 Å². The number of carbonyl (C=O) groups excluding carboxylic acids is 1. The van der Waals surface area contributed by atoms with Crippen molar-refractivity contribution < 1.29 is 9.21 Å². The van der Waals surface area contributed by atoms with Crippen LogP contribution in [0.25, 0.3) is 6.08 Å². The van der Waals surface area contributed by atoms with E-state index < -0.39 is 5.91 Å². The lowest BCUT2D eigenvalue weighted by Gasteiger charge is -2.10. The molecule has 0 aliphatic heterocycles. The smallest absolute Gasteiger partial charge is 0.250 e. The summed E-state index contributed by atoms with van der Waals surface area (Å²) in [6.07, 6.45) is 4.32. The van der Waals surface area contributed by atoms with Crippen molar-refractivity contribution in [2.45, 2.75) is 0 Å². The van der Waals surface area contributed by atoms with Gasteiger partial charge in [0.15, 0.2) is 5.11 Å². The summed E-state index contributed by atoms with van der Waals surface area (Å²) >= 11 is 22.8. The summed E-state index contributed by atoms with van der Waals surface area (Å²) in [6, 6.07) is 6.43. The molecule has 2 N–H and O–H groups in total. The third kappa shape index (κ3) is 4.74. The van der Waals surface area contributed by atoms with Gasteiger partial charge >= 0.3 is 0 Å². The maximum Gasteiger partial charge on any atom is 0.250 e. The average molecular weight is 376 g/mol. The van der Waals surface area contributed by atoms with Crippen molar-refractivity contribution in [2.24, 2.45) is 0 Å². The lowest BCUT2D eigenvalue weighted by molar-refractivity contribution is -0.115. The van der Waals surface area contributed by atoms with E-state index in [2.05, 4.69) is 10.6 Å². The highest BCUT2D eigenvalue weighted by atomic mass is 35.5. The van der Waals surface area contributed by atoms with Crippen LogP contribution in [0.1, 0.15) is 5.76 Å². The first-order valence-corrected chi connectivity index (χ1v) is 7.48. The van der Waals surface area contributed by atoms with E-state index in [4.69, 9.17) is 51.4 Å². The van der Waals surface area contributed by atoms with Crippen LogP contribution >= 0.6 is 47.0 Å². The first-order chi connectivity index (χ1) is 10.5. The molecule has 8 heteroatoms. The Balaban J connectivity index is 1.95. The standard InChI is InChI=1S/C14H9Cl3N2O2S/c15-9-6-11(17)12(7-10(9)16)18-14(22)19-13(20)4-3-8-2-1-5-21-8/h1-7H,(H2,18,19,20,22)/b4-3+. The minimum Gasteiger partial charge on any atom is -0.465 e. The van der Waals surface area contributed by atoms with Crippen LogP contribution in [0.4, 0.5) is 5.69 Å². The van der Waals surface area contributed by atoms with Gasteiger partial charge in [-0.05, 0) is 42.6 Å². The molecular weight excluding hydrogens is 367 g/mol. The Morgan fingerprint density at radius 1 is 1.18 bits per heavy atom. The molecule has 0 aliphatic rings. The average Bonchev–Trinajstić information content (AvgIpc) is 2.95. The van der Waals surface area contributed by atoms with E-state index in [-0.39, 0.29) is 5.11 Å². The molecule has 0 spiro atoms. The summed E-state index contributed by atoms with van der Waals surface area (Å²) < 4.78 is 5.06. The second-order valence-electron chi connectivity index (χ2n) is 4.04. The Morgan fingerprint density at radius 2 is 1.91 bits per heavy atom. The third-order valence-electron chi connectivity index (χ3n) is 2.44. The minimum atomic E-state index is -0.412. The second-order valence-corrected chi connectivity index (χ2v) is 5.67. The van der Waals surface area contributed by atoms with E-state index in [1.54, 1.807) is 12.1 Å². The number of hydrogen-bond donors (Lipinski definition) is 2. The molecule has 0 saturated heterocycles. The summed E-state index contributed by atoms with van der Waals surface area (Å²) in [6.45, 7) is 0. The molecule has 1 heterocycles. The number of halogens is 3. The maximum absolute atomic E-state index is 11.7. The van der Waals surface area contributed by atoms with Crippen LogP contribution in [-0.2, 0) is 4.79 Å². The number of anilines is 1. The van der Waals surface area contributed by atoms with Crippen molar-refractivity contribution in [3.05, 3.63) is 57.4 Å². The fourth-order valence-corrected chi connectivity index (χ4v) is 2.27. The van der Waals surface area contributed by atoms with Crippen LogP contribution in [0.3, 0.4) is 0 Å². The number of rotatable bonds is 3. The van der Waals surface area contributed by atoms with Gasteiger partial charge in [0.05, 0.1) is 27.0 Å². The van der Waals surface area contributed by atoms with Crippen molar-refractivity contribution in [1.82, 2.24) is 5.32 Å². The molecule has 0 unspecified atom stereocenters. The third-order valence-corrected chi connectivity index (χ3v) is 3.68. The molecule has 1 amide bonds. The highest BCUT2D eigenvalue weighted by molar-refractivity contribution is 7.80. The van der Waals surface area contributed by atoms with Crippen molar-refractivity contribution in [3.63, 3.8) is 0 Å². The lowest BCUT2D eigenvalue weighted by atomic mass is 10.3. The fraction of sp³-hybridized carbons (Fsp3) is 0. The molecule has 0 atom stereocenters. The molecule has 114 valence electrons. The van der Waals surface area contributed by atoms with Crippen molar-refractivity contribution in [1.29, 1.82) is 0 Å². The predicted octanol–water partition coefficient (Wildman–Crippen LogP) is 4.77. The van der Waals surface area contributed by atoms with Crippen LogP contribution in [0.5, 0.6) is 0 Å². The number of nitrogens with one attached hydrogen (secondary N) is 2. The zero-order valence-electron chi connectivity index (χ0n) is 10.9. The number of furan rings is 1. The van der Waals surface area contributed by atoms with Gasteiger partial charge in [-0.1, -0.05) is 34.8 Å². The molecule has 4 nitrogen and oxygen atoms in total. The molecule has 0 fully saturated rings. The Labute approximate surface area is 147 Å². The van der Waals surface area contributed by atoms with Gasteiger partial charge in [-0.2, -0.15) is 0 Å².